The molecule has 1 aromatic carbocycles. The van der Waals surface area contributed by atoms with Gasteiger partial charge < -0.3 is 14.2 Å². The topological polar surface area (TPSA) is 27.7 Å². The number of methoxy groups -OCH3 is 1. The van der Waals surface area contributed by atoms with E-state index in [1.165, 1.54) is 56.9 Å². The van der Waals surface area contributed by atoms with E-state index in [2.05, 4.69) is 0 Å². The van der Waals surface area contributed by atoms with Gasteiger partial charge in [-0.05, 0) is 99.7 Å². The molecule has 3 nitrogen and oxygen atoms in total. The van der Waals surface area contributed by atoms with Gasteiger partial charge >= 0.3 is 0 Å². The summed E-state index contributed by atoms with van der Waals surface area (Å²) in [7, 11) is 1.76. The van der Waals surface area contributed by atoms with Gasteiger partial charge in [0.05, 0.1) is 13.2 Å². The molecule has 0 spiro atoms. The maximum atomic E-state index is 13.2. The summed E-state index contributed by atoms with van der Waals surface area (Å²) in [5.74, 6) is 3.36. The second-order valence-corrected chi connectivity index (χ2v) is 9.87. The highest BCUT2D eigenvalue weighted by Crippen LogP contribution is 2.45. The van der Waals surface area contributed by atoms with Crippen molar-refractivity contribution in [1.82, 2.24) is 0 Å². The smallest absolute Gasteiger partial charge is 0.160 e. The molecule has 0 unspecified atom stereocenters. The standard InChI is InChI=1S/C26H39FO3/c1-28-16-2-3-19-17-29-26(30-18-19)24-10-8-22(9-11-24)20-4-6-21(7-5-20)23-12-14-25(27)15-13-23/h12-15,19-22,24,26H,2-11,16-18H2,1H3. The molecule has 2 saturated carbocycles. The summed E-state index contributed by atoms with van der Waals surface area (Å²) in [6.07, 6.45) is 12.6. The van der Waals surface area contributed by atoms with Gasteiger partial charge in [0.15, 0.2) is 6.29 Å². The van der Waals surface area contributed by atoms with Gasteiger partial charge in [-0.25, -0.2) is 4.39 Å². The van der Waals surface area contributed by atoms with Gasteiger partial charge in [0, 0.05) is 25.6 Å². The Morgan fingerprint density at radius 1 is 0.833 bits per heavy atom. The van der Waals surface area contributed by atoms with Crippen LogP contribution >= 0.6 is 0 Å². The Labute approximate surface area is 181 Å². The molecule has 0 atom stereocenters. The molecule has 0 N–H and O–H groups in total. The number of rotatable bonds is 7. The summed E-state index contributed by atoms with van der Waals surface area (Å²) in [6, 6.07) is 7.19. The first-order chi connectivity index (χ1) is 14.7. The molecule has 30 heavy (non-hydrogen) atoms. The first-order valence-corrected chi connectivity index (χ1v) is 12.2. The van der Waals surface area contributed by atoms with Crippen LogP contribution in [0, 0.1) is 29.5 Å². The molecule has 1 aliphatic heterocycles. The van der Waals surface area contributed by atoms with Crippen molar-refractivity contribution in [2.45, 2.75) is 76.4 Å². The second kappa shape index (κ2) is 11.1. The third-order valence-corrected chi connectivity index (χ3v) is 7.93. The quantitative estimate of drug-likeness (QED) is 0.485. The first kappa shape index (κ1) is 22.2. The zero-order valence-electron chi connectivity index (χ0n) is 18.6. The first-order valence-electron chi connectivity index (χ1n) is 12.2. The summed E-state index contributed by atoms with van der Waals surface area (Å²) in [6.45, 7) is 2.53. The van der Waals surface area contributed by atoms with Crippen molar-refractivity contribution in [3.63, 3.8) is 0 Å². The Balaban J connectivity index is 1.15. The van der Waals surface area contributed by atoms with Gasteiger partial charge in [-0.2, -0.15) is 0 Å². The van der Waals surface area contributed by atoms with Crippen molar-refractivity contribution in [2.24, 2.45) is 23.7 Å². The Kier molecular flexibility index (Phi) is 8.20. The molecule has 0 aromatic heterocycles. The fourth-order valence-corrected chi connectivity index (χ4v) is 6.06. The van der Waals surface area contributed by atoms with Gasteiger partial charge in [0.25, 0.3) is 0 Å². The van der Waals surface area contributed by atoms with Crippen molar-refractivity contribution in [3.8, 4) is 0 Å². The highest BCUT2D eigenvalue weighted by Gasteiger charge is 2.35. The number of halogens is 1. The number of hydrogen-bond acceptors (Lipinski definition) is 3. The summed E-state index contributed by atoms with van der Waals surface area (Å²) >= 11 is 0. The van der Waals surface area contributed by atoms with Crippen molar-refractivity contribution < 1.29 is 18.6 Å². The van der Waals surface area contributed by atoms with Crippen molar-refractivity contribution in [1.29, 1.82) is 0 Å². The lowest BCUT2D eigenvalue weighted by molar-refractivity contribution is -0.230. The summed E-state index contributed by atoms with van der Waals surface area (Å²) < 4.78 is 30.6. The molecule has 0 radical (unpaired) electrons. The van der Waals surface area contributed by atoms with Gasteiger partial charge in [-0.15, -0.1) is 0 Å². The van der Waals surface area contributed by atoms with Crippen LogP contribution in [0.15, 0.2) is 24.3 Å². The fourth-order valence-electron chi connectivity index (χ4n) is 6.06. The third-order valence-electron chi connectivity index (χ3n) is 7.93. The molecule has 0 amide bonds. The van der Waals surface area contributed by atoms with Gasteiger partial charge in [-0.3, -0.25) is 0 Å². The van der Waals surface area contributed by atoms with Crippen LogP contribution in [0.3, 0.4) is 0 Å². The van der Waals surface area contributed by atoms with Gasteiger partial charge in [0.1, 0.15) is 5.82 Å². The maximum Gasteiger partial charge on any atom is 0.160 e. The largest absolute Gasteiger partial charge is 0.385 e. The molecule has 168 valence electrons. The van der Waals surface area contributed by atoms with Crippen molar-refractivity contribution >= 4 is 0 Å². The predicted molar refractivity (Wildman–Crippen MR) is 117 cm³/mol. The minimum Gasteiger partial charge on any atom is -0.385 e. The van der Waals surface area contributed by atoms with Crippen LogP contribution in [0.4, 0.5) is 4.39 Å². The predicted octanol–water partition coefficient (Wildman–Crippen LogP) is 6.32. The minimum absolute atomic E-state index is 0.0267. The lowest BCUT2D eigenvalue weighted by atomic mass is 9.68. The van der Waals surface area contributed by atoms with Crippen LogP contribution in [-0.4, -0.2) is 33.2 Å². The van der Waals surface area contributed by atoms with E-state index >= 15 is 0 Å². The summed E-state index contributed by atoms with van der Waals surface area (Å²) in [5.41, 5.74) is 1.32. The van der Waals surface area contributed by atoms with Gasteiger partial charge in [0.2, 0.25) is 0 Å². The second-order valence-electron chi connectivity index (χ2n) is 9.87. The lowest BCUT2D eigenvalue weighted by Crippen LogP contribution is -2.39. The molecule has 4 heteroatoms. The molecule has 1 heterocycles. The van der Waals surface area contributed by atoms with E-state index in [0.717, 1.165) is 44.5 Å². The molecule has 1 aromatic rings. The molecule has 1 saturated heterocycles. The van der Waals surface area contributed by atoms with E-state index in [-0.39, 0.29) is 12.1 Å². The Morgan fingerprint density at radius 2 is 1.40 bits per heavy atom. The normalized spacial score (nSPS) is 35.3. The highest BCUT2D eigenvalue weighted by atomic mass is 19.1. The summed E-state index contributed by atoms with van der Waals surface area (Å²) in [5, 5.41) is 0. The number of ether oxygens (including phenoxy) is 3. The lowest BCUT2D eigenvalue weighted by Gasteiger charge is -2.41. The molecule has 4 rings (SSSR count). The molecule has 3 fully saturated rings. The highest BCUT2D eigenvalue weighted by molar-refractivity contribution is 5.21. The number of hydrogen-bond donors (Lipinski definition) is 0. The molecule has 2 aliphatic carbocycles. The van der Waals surface area contributed by atoms with E-state index in [1.54, 1.807) is 19.2 Å². The van der Waals surface area contributed by atoms with Gasteiger partial charge in [-0.1, -0.05) is 12.1 Å². The monoisotopic (exact) mass is 418 g/mol. The number of benzene rings is 1. The Morgan fingerprint density at radius 3 is 2.00 bits per heavy atom. The van der Waals surface area contributed by atoms with Crippen LogP contribution in [-0.2, 0) is 14.2 Å². The maximum absolute atomic E-state index is 13.2. The van der Waals surface area contributed by atoms with Crippen molar-refractivity contribution in [2.75, 3.05) is 26.9 Å². The average molecular weight is 419 g/mol. The SMILES string of the molecule is COCCCC1COC(C2CCC(C3CCC(c4ccc(F)cc4)CC3)CC2)OC1. The molecular weight excluding hydrogens is 379 g/mol. The molecular formula is C26H39FO3. The minimum atomic E-state index is -0.128. The molecule has 0 bridgehead atoms. The Hall–Kier alpha value is -0.970. The van der Waals surface area contributed by atoms with E-state index in [1.807, 2.05) is 12.1 Å². The van der Waals surface area contributed by atoms with E-state index < -0.39 is 0 Å². The van der Waals surface area contributed by atoms with E-state index in [4.69, 9.17) is 14.2 Å². The zero-order valence-corrected chi connectivity index (χ0v) is 18.6. The van der Waals surface area contributed by atoms with Crippen LogP contribution in [0.5, 0.6) is 0 Å². The third kappa shape index (κ3) is 5.83. The van der Waals surface area contributed by atoms with E-state index in [9.17, 15) is 4.39 Å². The van der Waals surface area contributed by atoms with Crippen molar-refractivity contribution in [3.05, 3.63) is 35.6 Å². The molecule has 3 aliphatic rings. The van der Waals surface area contributed by atoms with Crippen LogP contribution in [0.25, 0.3) is 0 Å². The fraction of sp³-hybridized carbons (Fsp3) is 0.769. The Bertz CT molecular complexity index is 610. The van der Waals surface area contributed by atoms with Crippen LogP contribution in [0.1, 0.15) is 75.7 Å². The average Bonchev–Trinajstić information content (AvgIpc) is 2.81. The zero-order chi connectivity index (χ0) is 20.8. The van der Waals surface area contributed by atoms with Crippen LogP contribution < -0.4 is 0 Å². The van der Waals surface area contributed by atoms with Crippen LogP contribution in [0.2, 0.25) is 0 Å². The summed E-state index contributed by atoms with van der Waals surface area (Å²) in [4.78, 5) is 0. The van der Waals surface area contributed by atoms with E-state index in [0.29, 0.717) is 17.8 Å².